The lowest BCUT2D eigenvalue weighted by Gasteiger charge is -2.00. The van der Waals surface area contributed by atoms with E-state index in [1.54, 1.807) is 0 Å². The van der Waals surface area contributed by atoms with Crippen molar-refractivity contribution in [3.63, 3.8) is 0 Å². The summed E-state index contributed by atoms with van der Waals surface area (Å²) in [5.74, 6) is 0. The van der Waals surface area contributed by atoms with E-state index in [0.717, 1.165) is 12.8 Å². The molecular weight excluding hydrogens is 174 g/mol. The van der Waals surface area contributed by atoms with Crippen molar-refractivity contribution in [1.82, 2.24) is 4.72 Å². The molecule has 0 aromatic rings. The molecule has 0 aliphatic rings. The van der Waals surface area contributed by atoms with Crippen LogP contribution in [0.2, 0.25) is 0 Å². The second kappa shape index (κ2) is 4.93. The fraction of sp³-hybridized carbons (Fsp3) is 1.00. The van der Waals surface area contributed by atoms with E-state index in [0.29, 0.717) is 6.54 Å². The van der Waals surface area contributed by atoms with Crippen LogP contribution in [0.5, 0.6) is 0 Å². The summed E-state index contributed by atoms with van der Waals surface area (Å²) in [5, 5.41) is -0.350. The van der Waals surface area contributed by atoms with E-state index in [9.17, 15) is 8.42 Å². The molecule has 0 atom stereocenters. The van der Waals surface area contributed by atoms with Gasteiger partial charge in [0.1, 0.15) is 5.21 Å². The predicted molar refractivity (Wildman–Crippen MR) is 42.6 cm³/mol. The van der Waals surface area contributed by atoms with Gasteiger partial charge in [-0.2, -0.15) is 0 Å². The second-order valence-electron chi connectivity index (χ2n) is 1.97. The first-order chi connectivity index (χ1) is 4.62. The SMILES string of the molecule is CCCCNS(=O)(=O)CCl. The number of alkyl halides is 1. The van der Waals surface area contributed by atoms with Crippen LogP contribution in [0, 0.1) is 0 Å². The molecular formula is C5H12ClNO2S. The van der Waals surface area contributed by atoms with Crippen LogP contribution < -0.4 is 4.72 Å². The molecule has 0 heterocycles. The van der Waals surface area contributed by atoms with Gasteiger partial charge in [0.05, 0.1) is 0 Å². The second-order valence-corrected chi connectivity index (χ2v) is 4.36. The van der Waals surface area contributed by atoms with Gasteiger partial charge in [-0.15, -0.1) is 11.6 Å². The highest BCUT2D eigenvalue weighted by atomic mass is 35.5. The minimum Gasteiger partial charge on any atom is -0.214 e. The molecule has 0 bridgehead atoms. The summed E-state index contributed by atoms with van der Waals surface area (Å²) in [6, 6.07) is 0. The monoisotopic (exact) mass is 185 g/mol. The Balaban J connectivity index is 3.49. The molecule has 0 aliphatic carbocycles. The molecule has 10 heavy (non-hydrogen) atoms. The number of hydrogen-bond donors (Lipinski definition) is 1. The molecule has 0 saturated carbocycles. The average Bonchev–Trinajstić information content (AvgIpc) is 1.89. The summed E-state index contributed by atoms with van der Waals surface area (Å²) < 4.78 is 23.6. The van der Waals surface area contributed by atoms with Crippen molar-refractivity contribution in [2.75, 3.05) is 11.8 Å². The van der Waals surface area contributed by atoms with E-state index >= 15 is 0 Å². The maximum atomic E-state index is 10.6. The van der Waals surface area contributed by atoms with Crippen molar-refractivity contribution in [3.05, 3.63) is 0 Å². The van der Waals surface area contributed by atoms with Gasteiger partial charge in [-0.3, -0.25) is 0 Å². The molecule has 0 saturated heterocycles. The van der Waals surface area contributed by atoms with Gasteiger partial charge in [-0.1, -0.05) is 13.3 Å². The summed E-state index contributed by atoms with van der Waals surface area (Å²) >= 11 is 5.12. The Bertz CT molecular complexity index is 166. The minimum atomic E-state index is -3.18. The number of rotatable bonds is 5. The smallest absolute Gasteiger partial charge is 0.214 e. The van der Waals surface area contributed by atoms with E-state index in [-0.39, 0.29) is 5.21 Å². The zero-order chi connectivity index (χ0) is 8.04. The number of nitrogens with one attached hydrogen (secondary N) is 1. The number of halogens is 1. The molecule has 0 aromatic carbocycles. The van der Waals surface area contributed by atoms with Crippen LogP contribution in [-0.2, 0) is 10.0 Å². The third-order valence-corrected chi connectivity index (χ3v) is 2.79. The molecule has 0 spiro atoms. The van der Waals surface area contributed by atoms with Gasteiger partial charge in [-0.05, 0) is 6.42 Å². The highest BCUT2D eigenvalue weighted by Crippen LogP contribution is 1.89. The normalized spacial score (nSPS) is 11.8. The lowest BCUT2D eigenvalue weighted by molar-refractivity contribution is 0.583. The Morgan fingerprint density at radius 3 is 2.50 bits per heavy atom. The third-order valence-electron chi connectivity index (χ3n) is 0.996. The molecule has 0 radical (unpaired) electrons. The number of unbranched alkanes of at least 4 members (excludes halogenated alkanes) is 1. The molecule has 0 aromatic heterocycles. The predicted octanol–water partition coefficient (Wildman–Crippen LogP) is 0.902. The lowest BCUT2D eigenvalue weighted by Crippen LogP contribution is -2.25. The topological polar surface area (TPSA) is 46.2 Å². The van der Waals surface area contributed by atoms with Crippen molar-refractivity contribution >= 4 is 21.6 Å². The fourth-order valence-electron chi connectivity index (χ4n) is 0.443. The average molecular weight is 186 g/mol. The Morgan fingerprint density at radius 2 is 2.10 bits per heavy atom. The quantitative estimate of drug-likeness (QED) is 0.511. The maximum Gasteiger partial charge on any atom is 0.225 e. The molecule has 0 amide bonds. The minimum absolute atomic E-state index is 0.350. The van der Waals surface area contributed by atoms with E-state index in [1.807, 2.05) is 6.92 Å². The van der Waals surface area contributed by atoms with Crippen LogP contribution in [0.3, 0.4) is 0 Å². The highest BCUT2D eigenvalue weighted by molar-refractivity contribution is 7.90. The summed E-state index contributed by atoms with van der Waals surface area (Å²) in [5.41, 5.74) is 0. The number of hydrogen-bond acceptors (Lipinski definition) is 2. The standard InChI is InChI=1S/C5H12ClNO2S/c1-2-3-4-7-10(8,9)5-6/h7H,2-5H2,1H3. The van der Waals surface area contributed by atoms with Crippen molar-refractivity contribution in [2.24, 2.45) is 0 Å². The Kier molecular flexibility index (Phi) is 5.03. The Morgan fingerprint density at radius 1 is 1.50 bits per heavy atom. The van der Waals surface area contributed by atoms with E-state index in [2.05, 4.69) is 4.72 Å². The van der Waals surface area contributed by atoms with Gasteiger partial charge >= 0.3 is 0 Å². The molecule has 0 aliphatic heterocycles. The van der Waals surface area contributed by atoms with Crippen LogP contribution in [-0.4, -0.2) is 20.2 Å². The molecule has 62 valence electrons. The molecule has 0 fully saturated rings. The van der Waals surface area contributed by atoms with Crippen LogP contribution in [0.15, 0.2) is 0 Å². The summed E-state index contributed by atoms with van der Waals surface area (Å²) in [4.78, 5) is 0. The summed E-state index contributed by atoms with van der Waals surface area (Å²) in [6.45, 7) is 2.49. The van der Waals surface area contributed by atoms with Gasteiger partial charge < -0.3 is 0 Å². The van der Waals surface area contributed by atoms with E-state index in [1.165, 1.54) is 0 Å². The Hall–Kier alpha value is 0.200. The van der Waals surface area contributed by atoms with Crippen molar-refractivity contribution in [3.8, 4) is 0 Å². The molecule has 0 rings (SSSR count). The van der Waals surface area contributed by atoms with Crippen LogP contribution in [0.1, 0.15) is 19.8 Å². The Labute approximate surface area is 66.8 Å². The van der Waals surface area contributed by atoms with Gasteiger partial charge in [0.2, 0.25) is 10.0 Å². The molecule has 5 heteroatoms. The third kappa shape index (κ3) is 5.02. The highest BCUT2D eigenvalue weighted by Gasteiger charge is 2.04. The van der Waals surface area contributed by atoms with Crippen LogP contribution in [0.4, 0.5) is 0 Å². The van der Waals surface area contributed by atoms with E-state index < -0.39 is 10.0 Å². The van der Waals surface area contributed by atoms with Gasteiger partial charge in [0.15, 0.2) is 0 Å². The fourth-order valence-corrected chi connectivity index (χ4v) is 1.21. The first-order valence-corrected chi connectivity index (χ1v) is 5.34. The number of sulfonamides is 1. The zero-order valence-electron chi connectivity index (χ0n) is 5.93. The molecule has 1 N–H and O–H groups in total. The summed E-state index contributed by atoms with van der Waals surface area (Å²) in [7, 11) is -3.18. The largest absolute Gasteiger partial charge is 0.225 e. The zero-order valence-corrected chi connectivity index (χ0v) is 7.50. The van der Waals surface area contributed by atoms with Crippen molar-refractivity contribution in [2.45, 2.75) is 19.8 Å². The van der Waals surface area contributed by atoms with Gasteiger partial charge in [0, 0.05) is 6.54 Å². The molecule has 0 unspecified atom stereocenters. The first kappa shape index (κ1) is 10.2. The van der Waals surface area contributed by atoms with Gasteiger partial charge in [-0.25, -0.2) is 13.1 Å². The molecule has 3 nitrogen and oxygen atoms in total. The van der Waals surface area contributed by atoms with Gasteiger partial charge in [0.25, 0.3) is 0 Å². The van der Waals surface area contributed by atoms with E-state index in [4.69, 9.17) is 11.6 Å². The summed E-state index contributed by atoms with van der Waals surface area (Å²) in [6.07, 6.45) is 1.83. The van der Waals surface area contributed by atoms with Crippen molar-refractivity contribution in [1.29, 1.82) is 0 Å². The first-order valence-electron chi connectivity index (χ1n) is 3.15. The van der Waals surface area contributed by atoms with Crippen LogP contribution in [0.25, 0.3) is 0 Å². The van der Waals surface area contributed by atoms with Crippen molar-refractivity contribution < 1.29 is 8.42 Å². The lowest BCUT2D eigenvalue weighted by atomic mass is 10.3. The van der Waals surface area contributed by atoms with Crippen LogP contribution >= 0.6 is 11.6 Å². The maximum absolute atomic E-state index is 10.6.